The van der Waals surface area contributed by atoms with Gasteiger partial charge >= 0.3 is 0 Å². The average Bonchev–Trinajstić information content (AvgIpc) is 2.56. The quantitative estimate of drug-likeness (QED) is 0.574. The van der Waals surface area contributed by atoms with E-state index in [1.807, 2.05) is 0 Å². The maximum atomic E-state index is 6.00. The summed E-state index contributed by atoms with van der Waals surface area (Å²) in [4.78, 5) is 0. The first-order chi connectivity index (χ1) is 10.3. The van der Waals surface area contributed by atoms with Crippen LogP contribution in [0.3, 0.4) is 0 Å². The lowest BCUT2D eigenvalue weighted by Gasteiger charge is -2.38. The molecule has 0 bridgehead atoms. The first kappa shape index (κ1) is 15.4. The highest BCUT2D eigenvalue weighted by atomic mass is 35.5. The normalized spacial score (nSPS) is 33.8. The van der Waals surface area contributed by atoms with Gasteiger partial charge in [-0.15, -0.1) is 0 Å². The van der Waals surface area contributed by atoms with Gasteiger partial charge in [-0.1, -0.05) is 49.9 Å². The van der Waals surface area contributed by atoms with Gasteiger partial charge in [-0.3, -0.25) is 0 Å². The lowest BCUT2D eigenvalue weighted by atomic mass is 9.68. The smallest absolute Gasteiger partial charge is 0.0406 e. The molecule has 0 radical (unpaired) electrons. The van der Waals surface area contributed by atoms with Crippen LogP contribution in [0.5, 0.6) is 0 Å². The van der Waals surface area contributed by atoms with Gasteiger partial charge in [0.2, 0.25) is 0 Å². The van der Waals surface area contributed by atoms with Crippen molar-refractivity contribution in [1.29, 1.82) is 0 Å². The van der Waals surface area contributed by atoms with E-state index in [4.69, 9.17) is 11.6 Å². The number of halogens is 1. The minimum atomic E-state index is 0.783. The van der Waals surface area contributed by atoms with Gasteiger partial charge in [0.1, 0.15) is 0 Å². The molecule has 0 N–H and O–H groups in total. The molecule has 0 heterocycles. The average molecular weight is 305 g/mol. The molecular weight excluding hydrogens is 276 g/mol. The van der Waals surface area contributed by atoms with E-state index in [1.54, 1.807) is 0 Å². The first-order valence-corrected chi connectivity index (χ1v) is 9.39. The molecule has 0 aliphatic heterocycles. The summed E-state index contributed by atoms with van der Waals surface area (Å²) in [6.45, 7) is 2.36. The van der Waals surface area contributed by atoms with E-state index >= 15 is 0 Å². The fraction of sp³-hybridized carbons (Fsp3) is 0.700. The third kappa shape index (κ3) is 3.83. The fourth-order valence-corrected chi connectivity index (χ4v) is 4.85. The van der Waals surface area contributed by atoms with E-state index in [0.29, 0.717) is 0 Å². The van der Waals surface area contributed by atoms with Crippen LogP contribution in [-0.2, 0) is 0 Å². The Bertz CT molecular complexity index is 420. The Hall–Kier alpha value is -0.490. The Morgan fingerprint density at radius 1 is 0.810 bits per heavy atom. The molecule has 0 aromatic heterocycles. The minimum absolute atomic E-state index is 0.783. The van der Waals surface area contributed by atoms with Crippen molar-refractivity contribution in [3.05, 3.63) is 34.9 Å². The van der Waals surface area contributed by atoms with Crippen molar-refractivity contribution in [3.8, 4) is 0 Å². The molecule has 2 fully saturated rings. The predicted molar refractivity (Wildman–Crippen MR) is 91.9 cm³/mol. The molecular formula is C20H29Cl. The molecule has 0 nitrogen and oxygen atoms in total. The minimum Gasteiger partial charge on any atom is -0.0843 e. The topological polar surface area (TPSA) is 0 Å². The van der Waals surface area contributed by atoms with Gasteiger partial charge in [0.25, 0.3) is 0 Å². The molecule has 2 aliphatic carbocycles. The van der Waals surface area contributed by atoms with Crippen molar-refractivity contribution in [2.45, 2.75) is 70.6 Å². The summed E-state index contributed by atoms with van der Waals surface area (Å²) >= 11 is 6.00. The summed E-state index contributed by atoms with van der Waals surface area (Å²) in [7, 11) is 0. The zero-order valence-electron chi connectivity index (χ0n) is 13.4. The Labute approximate surface area is 135 Å². The Morgan fingerprint density at radius 3 is 1.86 bits per heavy atom. The number of hydrogen-bond donors (Lipinski definition) is 0. The van der Waals surface area contributed by atoms with E-state index in [2.05, 4.69) is 31.2 Å². The second-order valence-corrected chi connectivity index (χ2v) is 7.79. The van der Waals surface area contributed by atoms with E-state index in [9.17, 15) is 0 Å². The predicted octanol–water partition coefficient (Wildman–Crippen LogP) is 6.83. The highest BCUT2D eigenvalue weighted by Crippen LogP contribution is 2.44. The third-order valence-corrected chi connectivity index (χ3v) is 6.50. The van der Waals surface area contributed by atoms with Crippen LogP contribution in [0.1, 0.15) is 76.2 Å². The van der Waals surface area contributed by atoms with E-state index in [0.717, 1.165) is 28.7 Å². The van der Waals surface area contributed by atoms with Crippen LogP contribution in [-0.4, -0.2) is 0 Å². The van der Waals surface area contributed by atoms with Gasteiger partial charge in [-0.25, -0.2) is 0 Å². The van der Waals surface area contributed by atoms with Crippen LogP contribution in [0.15, 0.2) is 24.3 Å². The number of hydrogen-bond acceptors (Lipinski definition) is 0. The molecule has 1 aromatic rings. The highest BCUT2D eigenvalue weighted by Gasteiger charge is 2.30. The third-order valence-electron chi connectivity index (χ3n) is 6.25. The molecule has 0 unspecified atom stereocenters. The van der Waals surface area contributed by atoms with E-state index in [-0.39, 0.29) is 0 Å². The molecule has 2 saturated carbocycles. The zero-order chi connectivity index (χ0) is 14.7. The molecule has 1 heteroatoms. The van der Waals surface area contributed by atoms with Gasteiger partial charge in [0.05, 0.1) is 0 Å². The summed E-state index contributed by atoms with van der Waals surface area (Å²) < 4.78 is 0. The molecule has 0 saturated heterocycles. The summed E-state index contributed by atoms with van der Waals surface area (Å²) in [5.74, 6) is 3.88. The van der Waals surface area contributed by atoms with Crippen LogP contribution in [0.4, 0.5) is 0 Å². The van der Waals surface area contributed by atoms with Crippen molar-refractivity contribution < 1.29 is 0 Å². The van der Waals surface area contributed by atoms with Gasteiger partial charge in [0, 0.05) is 5.02 Å². The van der Waals surface area contributed by atoms with Crippen LogP contribution < -0.4 is 0 Å². The largest absolute Gasteiger partial charge is 0.0843 e. The Morgan fingerprint density at radius 2 is 1.33 bits per heavy atom. The molecule has 21 heavy (non-hydrogen) atoms. The second-order valence-electron chi connectivity index (χ2n) is 7.35. The molecule has 3 rings (SSSR count). The van der Waals surface area contributed by atoms with Crippen molar-refractivity contribution in [2.24, 2.45) is 17.8 Å². The molecule has 116 valence electrons. The summed E-state index contributed by atoms with van der Waals surface area (Å²) in [5.41, 5.74) is 1.51. The second kappa shape index (κ2) is 7.18. The summed E-state index contributed by atoms with van der Waals surface area (Å²) in [6, 6.07) is 8.57. The molecule has 0 atom stereocenters. The lowest BCUT2D eigenvalue weighted by Crippen LogP contribution is -2.25. The summed E-state index contributed by atoms with van der Waals surface area (Å²) in [5, 5.41) is 0.861. The monoisotopic (exact) mass is 304 g/mol. The van der Waals surface area contributed by atoms with Crippen LogP contribution >= 0.6 is 11.6 Å². The van der Waals surface area contributed by atoms with Gasteiger partial charge < -0.3 is 0 Å². The molecule has 1 aromatic carbocycles. The first-order valence-electron chi connectivity index (χ1n) is 9.01. The van der Waals surface area contributed by atoms with Crippen molar-refractivity contribution >= 4 is 11.6 Å². The number of rotatable bonds is 3. The van der Waals surface area contributed by atoms with Crippen LogP contribution in [0, 0.1) is 17.8 Å². The van der Waals surface area contributed by atoms with Crippen LogP contribution in [0.25, 0.3) is 0 Å². The SMILES string of the molecule is CCC1CCC(C2CCC(c3ccc(Cl)cc3)CC2)CC1. The molecule has 0 amide bonds. The number of benzene rings is 1. The lowest BCUT2D eigenvalue weighted by molar-refractivity contribution is 0.158. The Kier molecular flexibility index (Phi) is 5.27. The van der Waals surface area contributed by atoms with Crippen molar-refractivity contribution in [2.75, 3.05) is 0 Å². The maximum Gasteiger partial charge on any atom is 0.0406 e. The standard InChI is InChI=1S/C20H29Cl/c1-2-15-3-5-16(6-4-15)17-7-9-18(10-8-17)19-11-13-20(21)14-12-19/h11-18H,2-10H2,1H3. The molecule has 2 aliphatic rings. The van der Waals surface area contributed by atoms with Gasteiger partial charge in [-0.2, -0.15) is 0 Å². The van der Waals surface area contributed by atoms with Gasteiger partial charge in [0.15, 0.2) is 0 Å². The van der Waals surface area contributed by atoms with Crippen molar-refractivity contribution in [3.63, 3.8) is 0 Å². The zero-order valence-corrected chi connectivity index (χ0v) is 14.1. The van der Waals surface area contributed by atoms with E-state index in [1.165, 1.54) is 63.4 Å². The molecule has 0 spiro atoms. The fourth-order valence-electron chi connectivity index (χ4n) is 4.73. The van der Waals surface area contributed by atoms with E-state index < -0.39 is 0 Å². The maximum absolute atomic E-state index is 6.00. The van der Waals surface area contributed by atoms with Crippen LogP contribution in [0.2, 0.25) is 5.02 Å². The van der Waals surface area contributed by atoms with Crippen molar-refractivity contribution in [1.82, 2.24) is 0 Å². The van der Waals surface area contributed by atoms with Gasteiger partial charge in [-0.05, 0) is 79.9 Å². The Balaban J connectivity index is 1.50. The highest BCUT2D eigenvalue weighted by molar-refractivity contribution is 6.30. The summed E-state index contributed by atoms with van der Waals surface area (Å²) in [6.07, 6.45) is 13.1.